The van der Waals surface area contributed by atoms with E-state index in [1.165, 1.54) is 4.52 Å². The first-order chi connectivity index (χ1) is 12.6. The second-order valence-electron chi connectivity index (χ2n) is 6.10. The molecule has 1 saturated heterocycles. The van der Waals surface area contributed by atoms with Crippen molar-refractivity contribution in [1.82, 2.24) is 29.4 Å². The van der Waals surface area contributed by atoms with E-state index in [4.69, 9.17) is 23.2 Å². The minimum Gasteiger partial charge on any atom is -0.333 e. The first kappa shape index (κ1) is 17.2. The van der Waals surface area contributed by atoms with Gasteiger partial charge in [-0.1, -0.05) is 29.3 Å². The van der Waals surface area contributed by atoms with Crippen molar-refractivity contribution in [3.05, 3.63) is 58.1 Å². The summed E-state index contributed by atoms with van der Waals surface area (Å²) in [5, 5.41) is 5.50. The Bertz CT molecular complexity index is 918. The van der Waals surface area contributed by atoms with Crippen molar-refractivity contribution >= 4 is 34.9 Å². The predicted molar refractivity (Wildman–Crippen MR) is 98.4 cm³/mol. The number of carbonyl (C=O) groups is 1. The third-order valence-electron chi connectivity index (χ3n) is 4.38. The Morgan fingerprint density at radius 1 is 1.15 bits per heavy atom. The lowest BCUT2D eigenvalue weighted by molar-refractivity contribution is 0.0617. The highest BCUT2D eigenvalue weighted by Crippen LogP contribution is 2.22. The molecule has 134 valence electrons. The minimum absolute atomic E-state index is 0.167. The van der Waals surface area contributed by atoms with Gasteiger partial charge in [-0.25, -0.2) is 9.50 Å². The van der Waals surface area contributed by atoms with Gasteiger partial charge in [0.05, 0.1) is 0 Å². The number of hydrogen-bond acceptors (Lipinski definition) is 5. The van der Waals surface area contributed by atoms with E-state index in [2.05, 4.69) is 20.0 Å². The van der Waals surface area contributed by atoms with Crippen LogP contribution in [0, 0.1) is 0 Å². The molecule has 0 N–H and O–H groups in total. The zero-order chi connectivity index (χ0) is 18.1. The first-order valence-corrected chi connectivity index (χ1v) is 8.99. The van der Waals surface area contributed by atoms with Crippen molar-refractivity contribution in [3.63, 3.8) is 0 Å². The fourth-order valence-electron chi connectivity index (χ4n) is 2.96. The van der Waals surface area contributed by atoms with Gasteiger partial charge in [-0.15, -0.1) is 5.10 Å². The molecule has 0 unspecified atom stereocenters. The number of carbonyl (C=O) groups excluding carboxylic acids is 1. The lowest BCUT2D eigenvalue weighted by atomic mass is 10.2. The Morgan fingerprint density at radius 3 is 2.69 bits per heavy atom. The van der Waals surface area contributed by atoms with Gasteiger partial charge in [-0.2, -0.15) is 4.98 Å². The summed E-state index contributed by atoms with van der Waals surface area (Å²) >= 11 is 12.2. The molecule has 1 aliphatic heterocycles. The number of fused-ring (bicyclic) bond motifs is 1. The number of hydrogen-bond donors (Lipinski definition) is 0. The largest absolute Gasteiger partial charge is 0.333 e. The molecule has 0 aliphatic carbocycles. The van der Waals surface area contributed by atoms with E-state index in [9.17, 15) is 4.79 Å². The zero-order valence-corrected chi connectivity index (χ0v) is 15.4. The number of benzene rings is 1. The average molecular weight is 391 g/mol. The summed E-state index contributed by atoms with van der Waals surface area (Å²) in [6.45, 7) is 3.49. The van der Waals surface area contributed by atoms with Gasteiger partial charge in [0.2, 0.25) is 5.82 Å². The maximum absolute atomic E-state index is 12.6. The van der Waals surface area contributed by atoms with Gasteiger partial charge in [-0.3, -0.25) is 9.69 Å². The molecule has 7 nitrogen and oxygen atoms in total. The normalized spacial score (nSPS) is 15.5. The standard InChI is InChI=1S/C17H16Cl2N6O/c18-13-3-2-12(14(19)10-13)11-23-6-8-24(9-7-23)16(26)15-21-17-20-4-1-5-25(17)22-15/h1-5,10H,6-9,11H2. The topological polar surface area (TPSA) is 66.6 Å². The molecule has 1 fully saturated rings. The Hall–Kier alpha value is -2.22. The highest BCUT2D eigenvalue weighted by molar-refractivity contribution is 6.35. The average Bonchev–Trinajstić information content (AvgIpc) is 3.08. The van der Waals surface area contributed by atoms with Crippen molar-refractivity contribution in [2.75, 3.05) is 26.2 Å². The van der Waals surface area contributed by atoms with Crippen LogP contribution in [-0.2, 0) is 6.54 Å². The van der Waals surface area contributed by atoms with Gasteiger partial charge in [0.15, 0.2) is 0 Å². The Labute approximate surface area is 160 Å². The second-order valence-corrected chi connectivity index (χ2v) is 6.95. The van der Waals surface area contributed by atoms with Crippen LogP contribution in [-0.4, -0.2) is 61.5 Å². The zero-order valence-electron chi connectivity index (χ0n) is 13.8. The van der Waals surface area contributed by atoms with Crippen molar-refractivity contribution in [1.29, 1.82) is 0 Å². The third-order valence-corrected chi connectivity index (χ3v) is 4.96. The summed E-state index contributed by atoms with van der Waals surface area (Å²) < 4.78 is 1.51. The lowest BCUT2D eigenvalue weighted by Crippen LogP contribution is -2.48. The Balaban J connectivity index is 1.39. The molecule has 1 amide bonds. The monoisotopic (exact) mass is 390 g/mol. The van der Waals surface area contributed by atoms with E-state index in [1.54, 1.807) is 29.4 Å². The Morgan fingerprint density at radius 2 is 1.96 bits per heavy atom. The summed E-state index contributed by atoms with van der Waals surface area (Å²) in [6, 6.07) is 7.28. The van der Waals surface area contributed by atoms with Crippen LogP contribution in [0.15, 0.2) is 36.7 Å². The van der Waals surface area contributed by atoms with Crippen LogP contribution in [0.3, 0.4) is 0 Å². The maximum atomic E-state index is 12.6. The molecule has 0 saturated carbocycles. The van der Waals surface area contributed by atoms with Gasteiger partial charge in [-0.05, 0) is 23.8 Å². The van der Waals surface area contributed by atoms with Crippen molar-refractivity contribution in [2.24, 2.45) is 0 Å². The van der Waals surface area contributed by atoms with Crippen LogP contribution in [0.2, 0.25) is 10.0 Å². The molecular weight excluding hydrogens is 375 g/mol. The molecule has 3 aromatic rings. The summed E-state index contributed by atoms with van der Waals surface area (Å²) in [7, 11) is 0. The summed E-state index contributed by atoms with van der Waals surface area (Å²) in [5.74, 6) is 0.435. The van der Waals surface area contributed by atoms with Gasteiger partial charge in [0, 0.05) is 55.2 Å². The number of halogens is 2. The molecular formula is C17H16Cl2N6O. The van der Waals surface area contributed by atoms with E-state index in [1.807, 2.05) is 12.1 Å². The van der Waals surface area contributed by atoms with Crippen LogP contribution in [0.4, 0.5) is 0 Å². The molecule has 2 aromatic heterocycles. The number of rotatable bonds is 3. The number of nitrogens with zero attached hydrogens (tertiary/aromatic N) is 6. The second kappa shape index (κ2) is 7.19. The number of aromatic nitrogens is 4. The quantitative estimate of drug-likeness (QED) is 0.686. The molecule has 3 heterocycles. The summed E-state index contributed by atoms with van der Waals surface area (Å²) in [4.78, 5) is 25.0. The molecule has 1 aliphatic rings. The number of piperazine rings is 1. The van der Waals surface area contributed by atoms with E-state index in [0.717, 1.165) is 25.2 Å². The van der Waals surface area contributed by atoms with Crippen LogP contribution in [0.1, 0.15) is 16.2 Å². The first-order valence-electron chi connectivity index (χ1n) is 8.23. The molecule has 0 atom stereocenters. The van der Waals surface area contributed by atoms with Crippen molar-refractivity contribution in [3.8, 4) is 0 Å². The van der Waals surface area contributed by atoms with Crippen LogP contribution >= 0.6 is 23.2 Å². The number of amides is 1. The SMILES string of the molecule is O=C(c1nc2ncccn2n1)N1CCN(Cc2ccc(Cl)cc2Cl)CC1. The summed E-state index contributed by atoms with van der Waals surface area (Å²) in [6.07, 6.45) is 3.35. The lowest BCUT2D eigenvalue weighted by Gasteiger charge is -2.34. The van der Waals surface area contributed by atoms with Crippen LogP contribution < -0.4 is 0 Å². The van der Waals surface area contributed by atoms with E-state index < -0.39 is 0 Å². The third kappa shape index (κ3) is 3.51. The van der Waals surface area contributed by atoms with Crippen LogP contribution in [0.5, 0.6) is 0 Å². The Kier molecular flexibility index (Phi) is 4.76. The highest BCUT2D eigenvalue weighted by Gasteiger charge is 2.25. The summed E-state index contributed by atoms with van der Waals surface area (Å²) in [5.41, 5.74) is 1.03. The molecule has 4 rings (SSSR count). The molecule has 9 heteroatoms. The van der Waals surface area contributed by atoms with Gasteiger partial charge < -0.3 is 4.90 Å². The maximum Gasteiger partial charge on any atom is 0.293 e. The predicted octanol–water partition coefficient (Wildman–Crippen LogP) is 2.39. The molecule has 0 radical (unpaired) electrons. The molecule has 0 spiro atoms. The van der Waals surface area contributed by atoms with Gasteiger partial charge in [0.1, 0.15) is 0 Å². The molecule has 0 bridgehead atoms. The minimum atomic E-state index is -0.167. The van der Waals surface area contributed by atoms with E-state index in [0.29, 0.717) is 28.9 Å². The van der Waals surface area contributed by atoms with Crippen molar-refractivity contribution in [2.45, 2.75) is 6.54 Å². The molecule has 26 heavy (non-hydrogen) atoms. The van der Waals surface area contributed by atoms with Gasteiger partial charge in [0.25, 0.3) is 11.7 Å². The smallest absolute Gasteiger partial charge is 0.293 e. The van der Waals surface area contributed by atoms with Crippen molar-refractivity contribution < 1.29 is 4.79 Å². The van der Waals surface area contributed by atoms with Gasteiger partial charge >= 0.3 is 0 Å². The highest BCUT2D eigenvalue weighted by atomic mass is 35.5. The fraction of sp³-hybridized carbons (Fsp3) is 0.294. The fourth-order valence-corrected chi connectivity index (χ4v) is 3.43. The molecule has 1 aromatic carbocycles. The van der Waals surface area contributed by atoms with E-state index in [-0.39, 0.29) is 11.7 Å². The van der Waals surface area contributed by atoms with E-state index >= 15 is 0 Å². The van der Waals surface area contributed by atoms with Crippen LogP contribution in [0.25, 0.3) is 5.78 Å².